The summed E-state index contributed by atoms with van der Waals surface area (Å²) in [5.74, 6) is -1.55. The average Bonchev–Trinajstić information content (AvgIpc) is 2.64. The monoisotopic (exact) mass is 352 g/mol. The summed E-state index contributed by atoms with van der Waals surface area (Å²) >= 11 is 3.34. The molecule has 4 nitrogen and oxygen atoms in total. The number of carboxylic acid groups (broad SMARTS) is 1. The molecule has 21 heavy (non-hydrogen) atoms. The van der Waals surface area contributed by atoms with Crippen molar-refractivity contribution in [2.75, 3.05) is 5.32 Å². The van der Waals surface area contributed by atoms with E-state index < -0.39 is 16.8 Å². The third-order valence-corrected chi connectivity index (χ3v) is 5.63. The Bertz CT molecular complexity index is 567. The van der Waals surface area contributed by atoms with Crippen molar-refractivity contribution in [2.45, 2.75) is 33.6 Å². The molecule has 0 unspecified atom stereocenters. The summed E-state index contributed by atoms with van der Waals surface area (Å²) in [6, 6.07) is 7.31. The normalized spacial score (nSPS) is 27.3. The van der Waals surface area contributed by atoms with Crippen LogP contribution in [-0.2, 0) is 9.59 Å². The van der Waals surface area contributed by atoms with Crippen molar-refractivity contribution in [3.8, 4) is 0 Å². The predicted molar refractivity (Wildman–Crippen MR) is 82.4 cm³/mol. The van der Waals surface area contributed by atoms with Crippen molar-refractivity contribution < 1.29 is 14.7 Å². The number of amides is 1. The minimum absolute atomic E-state index is 0.132. The van der Waals surface area contributed by atoms with Gasteiger partial charge in [-0.15, -0.1) is 0 Å². The van der Waals surface area contributed by atoms with E-state index in [4.69, 9.17) is 0 Å². The van der Waals surface area contributed by atoms with Crippen molar-refractivity contribution in [3.63, 3.8) is 0 Å². The average molecular weight is 353 g/mol. The quantitative estimate of drug-likeness (QED) is 0.908. The van der Waals surface area contributed by atoms with E-state index in [2.05, 4.69) is 21.2 Å². The van der Waals surface area contributed by atoms with Crippen LogP contribution < -0.4 is 10.4 Å². The van der Waals surface area contributed by atoms with Gasteiger partial charge in [-0.2, -0.15) is 0 Å². The molecule has 0 aromatic heterocycles. The first kappa shape index (κ1) is 16.0. The van der Waals surface area contributed by atoms with Crippen LogP contribution in [0.15, 0.2) is 28.7 Å². The van der Waals surface area contributed by atoms with E-state index in [0.29, 0.717) is 18.5 Å². The summed E-state index contributed by atoms with van der Waals surface area (Å²) in [6.07, 6.45) is 1.01. The number of nitrogens with one attached hydrogen (secondary N) is 1. The van der Waals surface area contributed by atoms with Crippen LogP contribution in [0, 0.1) is 16.7 Å². The molecule has 0 bridgehead atoms. The van der Waals surface area contributed by atoms with E-state index >= 15 is 0 Å². The topological polar surface area (TPSA) is 69.2 Å². The van der Waals surface area contributed by atoms with E-state index in [1.807, 2.05) is 38.1 Å². The maximum absolute atomic E-state index is 12.5. The van der Waals surface area contributed by atoms with Gasteiger partial charge in [0.1, 0.15) is 0 Å². The Balaban J connectivity index is 2.17. The molecule has 1 aliphatic rings. The zero-order valence-electron chi connectivity index (χ0n) is 12.4. The lowest BCUT2D eigenvalue weighted by molar-refractivity contribution is -0.323. The number of carbonyl (C=O) groups is 2. The van der Waals surface area contributed by atoms with E-state index in [0.717, 1.165) is 4.47 Å². The first-order valence-corrected chi connectivity index (χ1v) is 7.75. The highest BCUT2D eigenvalue weighted by Crippen LogP contribution is 2.55. The molecule has 1 aliphatic carbocycles. The third-order valence-electron chi connectivity index (χ3n) is 5.11. The Labute approximate surface area is 133 Å². The summed E-state index contributed by atoms with van der Waals surface area (Å²) in [4.78, 5) is 23.9. The van der Waals surface area contributed by atoms with Crippen molar-refractivity contribution in [1.29, 1.82) is 0 Å². The van der Waals surface area contributed by atoms with Gasteiger partial charge in [0.15, 0.2) is 0 Å². The molecule has 0 radical (unpaired) electrons. The third kappa shape index (κ3) is 2.71. The van der Waals surface area contributed by atoms with Crippen molar-refractivity contribution in [1.82, 2.24) is 0 Å². The molecule has 1 saturated carbocycles. The summed E-state index contributed by atoms with van der Waals surface area (Å²) < 4.78 is 0.936. The lowest BCUT2D eigenvalue weighted by atomic mass is 9.65. The molecular formula is C16H19BrNO3-. The van der Waals surface area contributed by atoms with Crippen LogP contribution >= 0.6 is 15.9 Å². The Kier molecular flexibility index (Phi) is 4.15. The van der Waals surface area contributed by atoms with Gasteiger partial charge in [0.25, 0.3) is 0 Å². The van der Waals surface area contributed by atoms with Crippen LogP contribution in [0.25, 0.3) is 0 Å². The second kappa shape index (κ2) is 5.44. The van der Waals surface area contributed by atoms with Crippen molar-refractivity contribution in [3.05, 3.63) is 28.7 Å². The zero-order chi connectivity index (χ0) is 15.8. The largest absolute Gasteiger partial charge is 0.550 e. The molecule has 5 heteroatoms. The number of carbonyl (C=O) groups excluding carboxylic acids is 2. The fourth-order valence-electron chi connectivity index (χ4n) is 3.09. The van der Waals surface area contributed by atoms with Gasteiger partial charge in [0, 0.05) is 27.5 Å². The lowest BCUT2D eigenvalue weighted by Gasteiger charge is -2.41. The molecule has 2 atom stereocenters. The molecule has 0 aliphatic heterocycles. The Morgan fingerprint density at radius 2 is 1.81 bits per heavy atom. The number of carboxylic acids is 1. The number of hydrogen-bond acceptors (Lipinski definition) is 3. The zero-order valence-corrected chi connectivity index (χ0v) is 14.0. The first-order valence-electron chi connectivity index (χ1n) is 6.96. The number of aliphatic carboxylic acids is 1. The standard InChI is InChI=1S/C16H20BrNO3/c1-15(2)12(8-9-16(15,3)14(20)21)13(19)18-11-6-4-10(17)5-7-11/h4-7,12H,8-9H2,1-3H3,(H,18,19)(H,20,21)/p-1/t12-,16-/m1/s1. The lowest BCUT2D eigenvalue weighted by Crippen LogP contribution is -2.49. The summed E-state index contributed by atoms with van der Waals surface area (Å²) in [6.45, 7) is 5.35. The number of rotatable bonds is 3. The molecule has 1 aromatic carbocycles. The molecule has 0 spiro atoms. The fourth-order valence-corrected chi connectivity index (χ4v) is 3.35. The van der Waals surface area contributed by atoms with Crippen LogP contribution in [0.5, 0.6) is 0 Å². The highest BCUT2D eigenvalue weighted by Gasteiger charge is 2.54. The van der Waals surface area contributed by atoms with Crippen LogP contribution in [0.2, 0.25) is 0 Å². The van der Waals surface area contributed by atoms with Gasteiger partial charge in [0.2, 0.25) is 5.91 Å². The Morgan fingerprint density at radius 3 is 2.29 bits per heavy atom. The van der Waals surface area contributed by atoms with Gasteiger partial charge >= 0.3 is 0 Å². The van der Waals surface area contributed by atoms with E-state index in [1.165, 1.54) is 0 Å². The number of halogens is 1. The van der Waals surface area contributed by atoms with E-state index in [1.54, 1.807) is 6.92 Å². The van der Waals surface area contributed by atoms with Gasteiger partial charge in [0.05, 0.1) is 0 Å². The molecule has 1 amide bonds. The summed E-state index contributed by atoms with van der Waals surface area (Å²) in [5.41, 5.74) is -0.916. The first-order chi connectivity index (χ1) is 9.68. The second-order valence-corrected chi connectivity index (χ2v) is 7.34. The van der Waals surface area contributed by atoms with Crippen LogP contribution in [0.1, 0.15) is 33.6 Å². The molecule has 0 heterocycles. The Morgan fingerprint density at radius 1 is 1.24 bits per heavy atom. The molecule has 1 fully saturated rings. The number of benzene rings is 1. The van der Waals surface area contributed by atoms with Crippen molar-refractivity contribution >= 4 is 33.5 Å². The smallest absolute Gasteiger partial charge is 0.228 e. The van der Waals surface area contributed by atoms with Crippen LogP contribution in [0.4, 0.5) is 5.69 Å². The van der Waals surface area contributed by atoms with Gasteiger partial charge in [-0.05, 0) is 42.5 Å². The molecule has 1 aromatic rings. The fraction of sp³-hybridized carbons (Fsp3) is 0.500. The summed E-state index contributed by atoms with van der Waals surface area (Å²) in [7, 11) is 0. The van der Waals surface area contributed by atoms with Crippen LogP contribution in [-0.4, -0.2) is 11.9 Å². The van der Waals surface area contributed by atoms with Gasteiger partial charge in [-0.1, -0.05) is 36.7 Å². The Hall–Kier alpha value is -1.36. The number of anilines is 1. The maximum atomic E-state index is 12.5. The maximum Gasteiger partial charge on any atom is 0.228 e. The van der Waals surface area contributed by atoms with Gasteiger partial charge in [-0.25, -0.2) is 0 Å². The minimum Gasteiger partial charge on any atom is -0.550 e. The molecular weight excluding hydrogens is 334 g/mol. The highest BCUT2D eigenvalue weighted by molar-refractivity contribution is 9.10. The van der Waals surface area contributed by atoms with Crippen molar-refractivity contribution in [2.24, 2.45) is 16.7 Å². The highest BCUT2D eigenvalue weighted by atomic mass is 79.9. The molecule has 2 rings (SSSR count). The second-order valence-electron chi connectivity index (χ2n) is 6.43. The van der Waals surface area contributed by atoms with E-state index in [-0.39, 0.29) is 11.8 Å². The summed E-state index contributed by atoms with van der Waals surface area (Å²) in [5, 5.41) is 14.3. The molecule has 0 saturated heterocycles. The minimum atomic E-state index is -1.08. The van der Waals surface area contributed by atoms with Crippen LogP contribution in [0.3, 0.4) is 0 Å². The molecule has 114 valence electrons. The van der Waals surface area contributed by atoms with Gasteiger partial charge < -0.3 is 15.2 Å². The van der Waals surface area contributed by atoms with Gasteiger partial charge in [-0.3, -0.25) is 4.79 Å². The molecule has 1 N–H and O–H groups in total. The predicted octanol–water partition coefficient (Wildman–Crippen LogP) is 2.58. The number of hydrogen-bond donors (Lipinski definition) is 1. The SMILES string of the molecule is CC1(C)[C@@H](C(=O)Nc2ccc(Br)cc2)CC[C@]1(C)C(=O)[O-]. The van der Waals surface area contributed by atoms with E-state index in [9.17, 15) is 14.7 Å².